The van der Waals surface area contributed by atoms with Crippen molar-refractivity contribution in [3.05, 3.63) is 117 Å². The SMILES string of the molecule is C[C@H]1NC(=O)c2cc(ccc2F)CCCNC(=O)CN(Cc2cc(=O)n3cc(Cl)ccc3n2)C[C@H](c2ccccc2)NC1=O. The third-order valence-corrected chi connectivity index (χ3v) is 7.59. The van der Waals surface area contributed by atoms with Gasteiger partial charge in [-0.2, -0.15) is 0 Å². The molecule has 10 nitrogen and oxygen atoms in total. The Labute approximate surface area is 258 Å². The smallest absolute Gasteiger partial charge is 0.258 e. The van der Waals surface area contributed by atoms with E-state index in [0.29, 0.717) is 35.8 Å². The second kappa shape index (κ2) is 13.8. The van der Waals surface area contributed by atoms with Crippen molar-refractivity contribution in [3.8, 4) is 0 Å². The highest BCUT2D eigenvalue weighted by atomic mass is 35.5. The number of amides is 3. The lowest BCUT2D eigenvalue weighted by Gasteiger charge is -2.29. The number of nitrogens with zero attached hydrogens (tertiary/aromatic N) is 3. The molecule has 44 heavy (non-hydrogen) atoms. The van der Waals surface area contributed by atoms with Gasteiger partial charge in [-0.05, 0) is 55.2 Å². The lowest BCUT2D eigenvalue weighted by molar-refractivity contribution is -0.123. The zero-order valence-corrected chi connectivity index (χ0v) is 24.8. The van der Waals surface area contributed by atoms with E-state index in [4.69, 9.17) is 11.6 Å². The van der Waals surface area contributed by atoms with Crippen molar-refractivity contribution >= 4 is 35.0 Å². The Kier molecular flexibility index (Phi) is 9.66. The molecule has 2 atom stereocenters. The standard InChI is InChI=1S/C32H32ClFN6O4/c1-20-31(43)38-27(22-7-3-2-4-8-22)18-39(17-24-15-30(42)40-16-23(33)10-12-28(40)37-24)19-29(41)35-13-5-6-21-9-11-26(34)25(14-21)32(44)36-20/h2-4,7-12,14-16,20,27H,5-6,13,17-19H2,1H3,(H,35,41)(H,36,44)(H,38,43)/t20-,27-/m1/s1. The minimum absolute atomic E-state index is 0.0339. The van der Waals surface area contributed by atoms with Gasteiger partial charge in [0.05, 0.1) is 28.9 Å². The highest BCUT2D eigenvalue weighted by molar-refractivity contribution is 6.30. The Bertz CT molecular complexity index is 1750. The average molecular weight is 619 g/mol. The minimum Gasteiger partial charge on any atom is -0.355 e. The predicted octanol–water partition coefficient (Wildman–Crippen LogP) is 3.03. The molecule has 3 amide bonds. The summed E-state index contributed by atoms with van der Waals surface area (Å²) in [5.41, 5.74) is 1.87. The molecule has 228 valence electrons. The van der Waals surface area contributed by atoms with Crippen molar-refractivity contribution < 1.29 is 18.8 Å². The minimum atomic E-state index is -0.988. The molecule has 2 aromatic heterocycles. The zero-order valence-electron chi connectivity index (χ0n) is 24.1. The van der Waals surface area contributed by atoms with E-state index >= 15 is 0 Å². The third-order valence-electron chi connectivity index (χ3n) is 7.37. The van der Waals surface area contributed by atoms with E-state index < -0.39 is 29.7 Å². The van der Waals surface area contributed by atoms with Crippen molar-refractivity contribution in [1.82, 2.24) is 30.2 Å². The summed E-state index contributed by atoms with van der Waals surface area (Å²) in [4.78, 5) is 58.7. The van der Waals surface area contributed by atoms with Gasteiger partial charge < -0.3 is 16.0 Å². The number of pyridine rings is 1. The van der Waals surface area contributed by atoms with E-state index in [-0.39, 0.29) is 36.7 Å². The molecule has 2 bridgehead atoms. The normalized spacial score (nSPS) is 19.1. The van der Waals surface area contributed by atoms with Gasteiger partial charge in [0.1, 0.15) is 17.5 Å². The van der Waals surface area contributed by atoms with Crippen LogP contribution in [-0.2, 0) is 22.6 Å². The van der Waals surface area contributed by atoms with Gasteiger partial charge >= 0.3 is 0 Å². The number of halogens is 2. The Hall–Kier alpha value is -4.61. The molecule has 4 aromatic rings. The molecule has 0 radical (unpaired) electrons. The van der Waals surface area contributed by atoms with Gasteiger partial charge in [-0.3, -0.25) is 28.5 Å². The molecule has 0 spiro atoms. The van der Waals surface area contributed by atoms with Crippen LogP contribution in [0.25, 0.3) is 5.65 Å². The zero-order chi connectivity index (χ0) is 31.2. The Balaban J connectivity index is 1.46. The number of aromatic nitrogens is 2. The number of carbonyl (C=O) groups is 3. The Morgan fingerprint density at radius 1 is 1.00 bits per heavy atom. The Morgan fingerprint density at radius 2 is 1.80 bits per heavy atom. The molecule has 0 fully saturated rings. The number of hydrogen-bond donors (Lipinski definition) is 3. The van der Waals surface area contributed by atoms with E-state index in [0.717, 1.165) is 11.1 Å². The first-order valence-corrected chi connectivity index (χ1v) is 14.7. The lowest BCUT2D eigenvalue weighted by Crippen LogP contribution is -2.48. The van der Waals surface area contributed by atoms with Gasteiger partial charge in [0, 0.05) is 31.9 Å². The second-order valence-electron chi connectivity index (χ2n) is 10.8. The molecular formula is C32H32ClFN6O4. The Morgan fingerprint density at radius 3 is 2.59 bits per heavy atom. The van der Waals surface area contributed by atoms with Gasteiger partial charge in [0.15, 0.2) is 0 Å². The van der Waals surface area contributed by atoms with Crippen molar-refractivity contribution in [3.63, 3.8) is 0 Å². The van der Waals surface area contributed by atoms with Gasteiger partial charge in [-0.1, -0.05) is 48.0 Å². The van der Waals surface area contributed by atoms with Gasteiger partial charge in [0.25, 0.3) is 11.5 Å². The second-order valence-corrected chi connectivity index (χ2v) is 11.2. The van der Waals surface area contributed by atoms with Crippen LogP contribution in [0.3, 0.4) is 0 Å². The number of aryl methyl sites for hydroxylation is 1. The van der Waals surface area contributed by atoms with Crippen LogP contribution >= 0.6 is 11.6 Å². The van der Waals surface area contributed by atoms with Crippen molar-refractivity contribution in [2.75, 3.05) is 19.6 Å². The van der Waals surface area contributed by atoms with Crippen LogP contribution < -0.4 is 21.5 Å². The number of carbonyl (C=O) groups excluding carboxylic acids is 3. The number of benzene rings is 2. The molecule has 0 unspecified atom stereocenters. The molecule has 0 saturated carbocycles. The van der Waals surface area contributed by atoms with Crippen molar-refractivity contribution in [2.24, 2.45) is 0 Å². The molecule has 3 N–H and O–H groups in total. The van der Waals surface area contributed by atoms with E-state index in [1.54, 1.807) is 23.1 Å². The molecule has 3 heterocycles. The van der Waals surface area contributed by atoms with Crippen LogP contribution in [0.5, 0.6) is 0 Å². The summed E-state index contributed by atoms with van der Waals surface area (Å²) >= 11 is 6.05. The van der Waals surface area contributed by atoms with Crippen molar-refractivity contribution in [1.29, 1.82) is 0 Å². The topological polar surface area (TPSA) is 125 Å². The maximum atomic E-state index is 14.6. The highest BCUT2D eigenvalue weighted by Crippen LogP contribution is 2.18. The molecule has 12 heteroatoms. The van der Waals surface area contributed by atoms with Gasteiger partial charge in [0.2, 0.25) is 11.8 Å². The number of fused-ring (bicyclic) bond motifs is 3. The van der Waals surface area contributed by atoms with E-state index in [9.17, 15) is 23.6 Å². The number of hydrogen-bond acceptors (Lipinski definition) is 6. The van der Waals surface area contributed by atoms with Crippen molar-refractivity contribution in [2.45, 2.75) is 38.4 Å². The van der Waals surface area contributed by atoms with Crippen LogP contribution in [0, 0.1) is 5.82 Å². The summed E-state index contributed by atoms with van der Waals surface area (Å²) in [6, 6.07) is 16.6. The van der Waals surface area contributed by atoms with Crippen LogP contribution in [0.4, 0.5) is 4.39 Å². The summed E-state index contributed by atoms with van der Waals surface area (Å²) in [7, 11) is 0. The molecule has 5 rings (SSSR count). The third kappa shape index (κ3) is 7.66. The maximum absolute atomic E-state index is 14.6. The summed E-state index contributed by atoms with van der Waals surface area (Å²) in [5.74, 6) is -2.12. The largest absolute Gasteiger partial charge is 0.355 e. The summed E-state index contributed by atoms with van der Waals surface area (Å²) in [6.07, 6.45) is 2.56. The molecule has 2 aromatic carbocycles. The first-order chi connectivity index (χ1) is 21.2. The van der Waals surface area contributed by atoms with Crippen LogP contribution in [-0.4, -0.2) is 57.7 Å². The monoisotopic (exact) mass is 618 g/mol. The maximum Gasteiger partial charge on any atom is 0.258 e. The fraction of sp³-hybridized carbons (Fsp3) is 0.281. The van der Waals surface area contributed by atoms with Crippen LogP contribution in [0.15, 0.2) is 77.7 Å². The fourth-order valence-corrected chi connectivity index (χ4v) is 5.28. The molecule has 0 aliphatic carbocycles. The summed E-state index contributed by atoms with van der Waals surface area (Å²) in [6.45, 7) is 2.17. The van der Waals surface area contributed by atoms with Gasteiger partial charge in [-0.25, -0.2) is 9.37 Å². The quantitative estimate of drug-likeness (QED) is 0.324. The van der Waals surface area contributed by atoms with E-state index in [1.807, 2.05) is 30.3 Å². The predicted molar refractivity (Wildman–Crippen MR) is 164 cm³/mol. The van der Waals surface area contributed by atoms with Gasteiger partial charge in [-0.15, -0.1) is 0 Å². The summed E-state index contributed by atoms with van der Waals surface area (Å²) in [5, 5.41) is 8.89. The van der Waals surface area contributed by atoms with E-state index in [2.05, 4.69) is 20.9 Å². The first-order valence-electron chi connectivity index (χ1n) is 14.3. The lowest BCUT2D eigenvalue weighted by atomic mass is 10.0. The number of nitrogens with one attached hydrogen (secondary N) is 3. The molecule has 1 aliphatic rings. The fourth-order valence-electron chi connectivity index (χ4n) is 5.12. The molecule has 1 aliphatic heterocycles. The number of rotatable bonds is 3. The highest BCUT2D eigenvalue weighted by Gasteiger charge is 2.25. The summed E-state index contributed by atoms with van der Waals surface area (Å²) < 4.78 is 15.9. The van der Waals surface area contributed by atoms with E-state index in [1.165, 1.54) is 35.7 Å². The molecule has 0 saturated heterocycles. The average Bonchev–Trinajstić information content (AvgIpc) is 3.00. The first kappa shape index (κ1) is 30.8. The van der Waals surface area contributed by atoms with Crippen LogP contribution in [0.2, 0.25) is 5.02 Å². The van der Waals surface area contributed by atoms with Crippen LogP contribution in [0.1, 0.15) is 46.6 Å². The molecular weight excluding hydrogens is 587 g/mol.